The van der Waals surface area contributed by atoms with Gasteiger partial charge in [0.1, 0.15) is 6.29 Å². The molecule has 0 aromatic rings. The van der Waals surface area contributed by atoms with Crippen molar-refractivity contribution in [1.82, 2.24) is 0 Å². The van der Waals surface area contributed by atoms with Crippen molar-refractivity contribution in [2.24, 2.45) is 0 Å². The highest BCUT2D eigenvalue weighted by molar-refractivity contribution is 5.78. The van der Waals surface area contributed by atoms with Gasteiger partial charge in [0.2, 0.25) is 0 Å². The molecule has 15 heavy (non-hydrogen) atoms. The molecule has 0 saturated heterocycles. The summed E-state index contributed by atoms with van der Waals surface area (Å²) >= 11 is 0. The van der Waals surface area contributed by atoms with Gasteiger partial charge in [0.25, 0.3) is 0 Å². The van der Waals surface area contributed by atoms with Crippen LogP contribution in [0.3, 0.4) is 0 Å². The first-order chi connectivity index (χ1) is 6.82. The average molecular weight is 218 g/mol. The molecule has 0 heterocycles. The molecule has 0 aliphatic rings. The van der Waals surface area contributed by atoms with Crippen LogP contribution in [0, 0.1) is 0 Å². The Morgan fingerprint density at radius 1 is 1.40 bits per heavy atom. The summed E-state index contributed by atoms with van der Waals surface area (Å²) < 4.78 is 36.6. The van der Waals surface area contributed by atoms with Gasteiger partial charge in [-0.3, -0.25) is 4.79 Å². The number of alkyl halides is 3. The maximum Gasteiger partial charge on any atom is 0.416 e. The fourth-order valence-corrected chi connectivity index (χ4v) is 0.937. The van der Waals surface area contributed by atoms with E-state index in [-0.39, 0.29) is 11.1 Å². The van der Waals surface area contributed by atoms with Gasteiger partial charge in [0.15, 0.2) is 0 Å². The zero-order valence-corrected chi connectivity index (χ0v) is 8.69. The monoisotopic (exact) mass is 218 g/mol. The first kappa shape index (κ1) is 13.7. The van der Waals surface area contributed by atoms with Gasteiger partial charge in [-0.05, 0) is 25.0 Å². The molecule has 0 N–H and O–H groups in total. The van der Waals surface area contributed by atoms with Crippen molar-refractivity contribution >= 4 is 6.29 Å². The standard InChI is InChI=1S/C11H13F3O/c1-4-5-10(7-15)6-8(2)9(3)11(12,13)14/h5-7H,3-4H2,1-2H3/b8-6+,10-5+. The lowest BCUT2D eigenvalue weighted by Crippen LogP contribution is -2.11. The Labute approximate surface area is 87.0 Å². The molecule has 4 heteroatoms. The molecule has 1 nitrogen and oxygen atoms in total. The highest BCUT2D eigenvalue weighted by Gasteiger charge is 2.32. The minimum atomic E-state index is -4.44. The summed E-state index contributed by atoms with van der Waals surface area (Å²) in [7, 11) is 0. The summed E-state index contributed by atoms with van der Waals surface area (Å²) in [6.07, 6.45) is -0.583. The molecule has 0 unspecified atom stereocenters. The maximum absolute atomic E-state index is 12.2. The summed E-state index contributed by atoms with van der Waals surface area (Å²) in [4.78, 5) is 10.5. The van der Waals surface area contributed by atoms with E-state index in [0.717, 1.165) is 0 Å². The molecule has 84 valence electrons. The number of carbonyl (C=O) groups is 1. The van der Waals surface area contributed by atoms with E-state index >= 15 is 0 Å². The van der Waals surface area contributed by atoms with Crippen LogP contribution in [0.1, 0.15) is 20.3 Å². The van der Waals surface area contributed by atoms with Gasteiger partial charge in [-0.25, -0.2) is 0 Å². The number of halogens is 3. The molecule has 0 aliphatic carbocycles. The first-order valence-electron chi connectivity index (χ1n) is 4.43. The number of hydrogen-bond donors (Lipinski definition) is 0. The smallest absolute Gasteiger partial charge is 0.298 e. The van der Waals surface area contributed by atoms with Crippen molar-refractivity contribution in [3.63, 3.8) is 0 Å². The number of hydrogen-bond acceptors (Lipinski definition) is 1. The van der Waals surface area contributed by atoms with E-state index < -0.39 is 11.7 Å². The number of aldehydes is 1. The molecular formula is C11H13F3O. The van der Waals surface area contributed by atoms with Crippen LogP contribution in [0.5, 0.6) is 0 Å². The molecule has 0 amide bonds. The van der Waals surface area contributed by atoms with Crippen LogP contribution in [0.4, 0.5) is 13.2 Å². The quantitative estimate of drug-likeness (QED) is 0.400. The normalized spacial score (nSPS) is 13.9. The molecule has 0 aliphatic heterocycles. The van der Waals surface area contributed by atoms with Crippen molar-refractivity contribution in [2.45, 2.75) is 26.4 Å². The van der Waals surface area contributed by atoms with Gasteiger partial charge in [-0.2, -0.15) is 13.2 Å². The Morgan fingerprint density at radius 3 is 2.27 bits per heavy atom. The van der Waals surface area contributed by atoms with Crippen LogP contribution in [0.2, 0.25) is 0 Å². The van der Waals surface area contributed by atoms with Crippen molar-refractivity contribution < 1.29 is 18.0 Å². The molecule has 0 bridgehead atoms. The fraction of sp³-hybridized carbons (Fsp3) is 0.364. The van der Waals surface area contributed by atoms with Crippen LogP contribution in [0.25, 0.3) is 0 Å². The van der Waals surface area contributed by atoms with Gasteiger partial charge in [-0.15, -0.1) is 0 Å². The number of carbonyl (C=O) groups excluding carboxylic acids is 1. The van der Waals surface area contributed by atoms with E-state index in [0.29, 0.717) is 12.7 Å². The van der Waals surface area contributed by atoms with Crippen molar-refractivity contribution in [3.05, 3.63) is 35.5 Å². The Hall–Kier alpha value is -1.32. The summed E-state index contributed by atoms with van der Waals surface area (Å²) in [5, 5.41) is 0. The van der Waals surface area contributed by atoms with E-state index in [9.17, 15) is 18.0 Å². The second-order valence-corrected chi connectivity index (χ2v) is 3.03. The first-order valence-corrected chi connectivity index (χ1v) is 4.43. The summed E-state index contributed by atoms with van der Waals surface area (Å²) in [5.41, 5.74) is -0.735. The lowest BCUT2D eigenvalue weighted by atomic mass is 10.1. The lowest BCUT2D eigenvalue weighted by Gasteiger charge is -2.10. The SMILES string of the molecule is C=C(/C(C)=C/C(C=O)=C\CC)C(F)(F)F. The third-order valence-corrected chi connectivity index (χ3v) is 1.78. The molecule has 0 aromatic carbocycles. The maximum atomic E-state index is 12.2. The third-order valence-electron chi connectivity index (χ3n) is 1.78. The van der Waals surface area contributed by atoms with E-state index in [1.54, 1.807) is 13.0 Å². The third kappa shape index (κ3) is 4.63. The predicted octanol–water partition coefficient (Wildman–Crippen LogP) is 3.59. The van der Waals surface area contributed by atoms with Crippen LogP contribution in [0.15, 0.2) is 35.5 Å². The van der Waals surface area contributed by atoms with Crippen molar-refractivity contribution in [2.75, 3.05) is 0 Å². The summed E-state index contributed by atoms with van der Waals surface area (Å²) in [6, 6.07) is 0. The van der Waals surface area contributed by atoms with Gasteiger partial charge in [0, 0.05) is 5.57 Å². The van der Waals surface area contributed by atoms with E-state index in [1.807, 2.05) is 0 Å². The molecule has 0 radical (unpaired) electrons. The molecule has 0 aromatic heterocycles. The molecule has 0 atom stereocenters. The predicted molar refractivity (Wildman–Crippen MR) is 53.4 cm³/mol. The van der Waals surface area contributed by atoms with E-state index in [4.69, 9.17) is 0 Å². The minimum Gasteiger partial charge on any atom is -0.298 e. The Morgan fingerprint density at radius 2 is 1.93 bits per heavy atom. The Balaban J connectivity index is 4.92. The van der Waals surface area contributed by atoms with E-state index in [1.165, 1.54) is 13.0 Å². The second kappa shape index (κ2) is 5.53. The van der Waals surface area contributed by atoms with Crippen LogP contribution >= 0.6 is 0 Å². The van der Waals surface area contributed by atoms with Crippen molar-refractivity contribution in [1.29, 1.82) is 0 Å². The molecule has 0 spiro atoms. The Kier molecular flexibility index (Phi) is 5.05. The highest BCUT2D eigenvalue weighted by Crippen LogP contribution is 2.29. The van der Waals surface area contributed by atoms with Crippen molar-refractivity contribution in [3.8, 4) is 0 Å². The van der Waals surface area contributed by atoms with Gasteiger partial charge >= 0.3 is 6.18 Å². The highest BCUT2D eigenvalue weighted by atomic mass is 19.4. The average Bonchev–Trinajstić information content (AvgIpc) is 2.14. The van der Waals surface area contributed by atoms with Gasteiger partial charge in [-0.1, -0.05) is 19.6 Å². The minimum absolute atomic E-state index is 0.0469. The fourth-order valence-electron chi connectivity index (χ4n) is 0.937. The van der Waals surface area contributed by atoms with Gasteiger partial charge < -0.3 is 0 Å². The zero-order chi connectivity index (χ0) is 12.1. The van der Waals surface area contributed by atoms with Crippen LogP contribution < -0.4 is 0 Å². The van der Waals surface area contributed by atoms with E-state index in [2.05, 4.69) is 6.58 Å². The van der Waals surface area contributed by atoms with Gasteiger partial charge in [0.05, 0.1) is 5.57 Å². The molecule has 0 fully saturated rings. The number of allylic oxidation sites excluding steroid dienone is 5. The van der Waals surface area contributed by atoms with Crippen LogP contribution in [-0.4, -0.2) is 12.5 Å². The Bertz CT molecular complexity index is 308. The molecule has 0 rings (SSSR count). The summed E-state index contributed by atoms with van der Waals surface area (Å²) in [6.45, 7) is 6.01. The van der Waals surface area contributed by atoms with Crippen LogP contribution in [-0.2, 0) is 4.79 Å². The summed E-state index contributed by atoms with van der Waals surface area (Å²) in [5.74, 6) is 0. The molecule has 0 saturated carbocycles. The zero-order valence-electron chi connectivity index (χ0n) is 8.69. The topological polar surface area (TPSA) is 17.1 Å². The lowest BCUT2D eigenvalue weighted by molar-refractivity contribution is -0.104. The molecular weight excluding hydrogens is 205 g/mol. The largest absolute Gasteiger partial charge is 0.416 e. The number of rotatable bonds is 4. The second-order valence-electron chi connectivity index (χ2n) is 3.03.